The first kappa shape index (κ1) is 45.1. The van der Waals surface area contributed by atoms with Gasteiger partial charge in [0.05, 0.1) is 25.5 Å². The van der Waals surface area contributed by atoms with Crippen LogP contribution in [0.2, 0.25) is 0 Å². The Kier molecular flexibility index (Phi) is 13.9. The zero-order valence-electron chi connectivity index (χ0n) is 37.6. The molecule has 64 heavy (non-hydrogen) atoms. The number of aromatic nitrogens is 8. The highest BCUT2D eigenvalue weighted by Gasteiger charge is 2.27. The molecule has 19 heteroatoms. The lowest BCUT2D eigenvalue weighted by atomic mass is 10.1. The van der Waals surface area contributed by atoms with Crippen LogP contribution in [0.1, 0.15) is 93.9 Å². The quantitative estimate of drug-likeness (QED) is 0.0763. The number of para-hydroxylation sites is 2. The minimum Gasteiger partial charge on any atom is -0.627 e. The highest BCUT2D eigenvalue weighted by molar-refractivity contribution is 7.90. The van der Waals surface area contributed by atoms with Gasteiger partial charge in [-0.3, -0.25) is 0 Å². The first-order valence-electron chi connectivity index (χ1n) is 22.6. The predicted molar refractivity (Wildman–Crippen MR) is 252 cm³/mol. The van der Waals surface area contributed by atoms with Crippen LogP contribution in [-0.2, 0) is 27.7 Å². The van der Waals surface area contributed by atoms with Crippen molar-refractivity contribution in [3.8, 4) is 0 Å². The fourth-order valence-corrected chi connectivity index (χ4v) is 9.12. The third kappa shape index (κ3) is 10.2. The van der Waals surface area contributed by atoms with Crippen LogP contribution in [-0.4, -0.2) is 112 Å². The number of quaternary nitrogens is 1. The summed E-state index contributed by atoms with van der Waals surface area (Å²) in [4.78, 5) is 20.6. The van der Waals surface area contributed by atoms with Gasteiger partial charge in [0.15, 0.2) is 11.3 Å². The number of piperazine rings is 1. The second-order valence-corrected chi connectivity index (χ2v) is 19.5. The van der Waals surface area contributed by atoms with Gasteiger partial charge in [-0.1, -0.05) is 64.1 Å². The number of hydrogen-bond acceptors (Lipinski definition) is 15. The second-order valence-electron chi connectivity index (χ2n) is 17.6. The van der Waals surface area contributed by atoms with Gasteiger partial charge in [0, 0.05) is 87.2 Å². The van der Waals surface area contributed by atoms with Crippen LogP contribution in [0, 0.1) is 5.21 Å². The zero-order chi connectivity index (χ0) is 44.8. The largest absolute Gasteiger partial charge is 0.627 e. The molecule has 9 rings (SSSR count). The highest BCUT2D eigenvalue weighted by Crippen LogP contribution is 2.32. The van der Waals surface area contributed by atoms with Crippen LogP contribution in [0.4, 0.5) is 29.2 Å². The number of benzene rings is 2. The summed E-state index contributed by atoms with van der Waals surface area (Å²) < 4.78 is 32.9. The van der Waals surface area contributed by atoms with Gasteiger partial charge in [0.2, 0.25) is 27.7 Å². The van der Waals surface area contributed by atoms with Gasteiger partial charge in [0.25, 0.3) is 5.16 Å². The van der Waals surface area contributed by atoms with Crippen molar-refractivity contribution in [3.63, 3.8) is 0 Å². The molecule has 0 aliphatic carbocycles. The van der Waals surface area contributed by atoms with E-state index in [2.05, 4.69) is 84.4 Å². The average molecular weight is 895 g/mol. The number of piperidine rings is 1. The van der Waals surface area contributed by atoms with Crippen molar-refractivity contribution in [1.29, 1.82) is 0 Å². The van der Waals surface area contributed by atoms with E-state index in [-0.39, 0.29) is 21.7 Å². The number of sulfone groups is 1. The number of anilines is 4. The van der Waals surface area contributed by atoms with E-state index in [0.717, 1.165) is 106 Å². The fourth-order valence-electron chi connectivity index (χ4n) is 8.61. The Morgan fingerprint density at radius 3 is 2.00 bits per heavy atom. The topological polar surface area (TPSA) is 204 Å². The Hall–Kier alpha value is -5.47. The molecule has 3 fully saturated rings. The Morgan fingerprint density at radius 1 is 0.781 bits per heavy atom. The molecule has 0 bridgehead atoms. The molecule has 0 atom stereocenters. The van der Waals surface area contributed by atoms with E-state index in [1.165, 1.54) is 15.8 Å². The Bertz CT molecular complexity index is 2630. The van der Waals surface area contributed by atoms with Gasteiger partial charge in [0.1, 0.15) is 5.69 Å². The van der Waals surface area contributed by atoms with E-state index >= 15 is 0 Å². The number of nitrogens with one attached hydrogen (secondary N) is 4. The monoisotopic (exact) mass is 894 g/mol. The van der Waals surface area contributed by atoms with Crippen molar-refractivity contribution in [2.75, 3.05) is 79.6 Å². The van der Waals surface area contributed by atoms with Crippen LogP contribution in [0.3, 0.4) is 0 Å². The van der Waals surface area contributed by atoms with Crippen molar-refractivity contribution in [1.82, 2.24) is 49.1 Å². The number of rotatable bonds is 13. The molecule has 4 aromatic heterocycles. The molecular weight excluding hydrogens is 833 g/mol. The fraction of sp³-hybridized carbons (Fsp3) is 0.511. The molecule has 4 N–H and O–H groups in total. The molecule has 18 nitrogen and oxygen atoms in total. The van der Waals surface area contributed by atoms with Gasteiger partial charge in [-0.2, -0.15) is 39.2 Å². The molecule has 3 aliphatic heterocycles. The summed E-state index contributed by atoms with van der Waals surface area (Å²) in [5.41, 5.74) is 7.42. The lowest BCUT2D eigenvalue weighted by Crippen LogP contribution is -2.47. The van der Waals surface area contributed by atoms with Crippen molar-refractivity contribution in [2.45, 2.75) is 95.9 Å². The van der Waals surface area contributed by atoms with E-state index in [1.54, 1.807) is 6.20 Å². The molecule has 2 aromatic carbocycles. The number of hydroxylamine groups is 2. The summed E-state index contributed by atoms with van der Waals surface area (Å²) >= 11 is 0. The maximum atomic E-state index is 13.4. The number of nitrogens with zero attached hydrogens (tertiary/aromatic N) is 10. The molecule has 0 amide bonds. The summed E-state index contributed by atoms with van der Waals surface area (Å²) in [5.74, 6) is 2.08. The summed E-state index contributed by atoms with van der Waals surface area (Å²) in [6.07, 6.45) is 9.54. The molecule has 0 saturated carbocycles. The first-order valence-corrected chi connectivity index (χ1v) is 24.5. The Balaban J connectivity index is 0.000000175. The van der Waals surface area contributed by atoms with Gasteiger partial charge < -0.3 is 40.8 Å². The molecule has 0 unspecified atom stereocenters. The van der Waals surface area contributed by atoms with E-state index in [1.807, 2.05) is 48.8 Å². The number of hydrogen-bond donors (Lipinski definition) is 4. The summed E-state index contributed by atoms with van der Waals surface area (Å²) in [7, 11) is -3.61. The SMILES string of the molecule is CC(C)c1cnn2c(NCc3ccccc3N3CCNCC3)nc(NC3CCOCC3)nc12.CC(C)c1cnn2c(NCc3ccccc3[N+]3([O-])CCCCC3)nc(S(C)(=O)=O)nc12. The van der Waals surface area contributed by atoms with Crippen molar-refractivity contribution in [2.24, 2.45) is 0 Å². The minimum atomic E-state index is -3.61. The number of ether oxygens (including phenoxy) is 1. The number of fused-ring (bicyclic) bond motifs is 2. The van der Waals surface area contributed by atoms with Crippen molar-refractivity contribution >= 4 is 50.4 Å². The zero-order valence-corrected chi connectivity index (χ0v) is 38.4. The molecule has 0 spiro atoms. The van der Waals surface area contributed by atoms with Gasteiger partial charge in [-0.25, -0.2) is 8.42 Å². The highest BCUT2D eigenvalue weighted by atomic mass is 32.2. The average Bonchev–Trinajstić information content (AvgIpc) is 3.94. The lowest BCUT2D eigenvalue weighted by molar-refractivity contribution is 0.0903. The van der Waals surface area contributed by atoms with Gasteiger partial charge in [-0.05, 0) is 61.6 Å². The van der Waals surface area contributed by atoms with E-state index in [9.17, 15) is 13.6 Å². The smallest absolute Gasteiger partial charge is 0.252 e. The maximum absolute atomic E-state index is 13.4. The van der Waals surface area contributed by atoms with Gasteiger partial charge >= 0.3 is 0 Å². The standard InChI is InChI=1S/C24H34N8O.C21H28N6O3S/c1-17(2)20-16-27-32-22(20)29-23(28-19-7-13-33-14-8-19)30-24(32)26-15-18-5-3-4-6-21(18)31-11-9-25-10-12-31;1-15(2)17-14-23-26-19(17)24-21(31(3,29)30)25-20(26)22-13-16-9-5-6-10-18(16)27(28)11-7-4-8-12-27/h3-6,16-17,19,25H,7-15H2,1-2H3,(H2,26,28,29,30);5-6,9-10,14-15H,4,7-8,11-13H2,1-3H3,(H,22,24,25). The molecule has 342 valence electrons. The first-order chi connectivity index (χ1) is 30.9. The summed E-state index contributed by atoms with van der Waals surface area (Å²) in [6, 6.07) is 16.5. The van der Waals surface area contributed by atoms with E-state index in [4.69, 9.17) is 14.7 Å². The van der Waals surface area contributed by atoms with Crippen molar-refractivity contribution in [3.05, 3.63) is 88.4 Å². The Morgan fingerprint density at radius 2 is 1.36 bits per heavy atom. The molecule has 0 radical (unpaired) electrons. The van der Waals surface area contributed by atoms with Gasteiger partial charge in [-0.15, -0.1) is 0 Å². The lowest BCUT2D eigenvalue weighted by Gasteiger charge is -2.45. The molecule has 7 heterocycles. The Labute approximate surface area is 375 Å². The minimum absolute atomic E-state index is 0.123. The van der Waals surface area contributed by atoms with Crippen molar-refractivity contribution < 1.29 is 13.2 Å². The summed E-state index contributed by atoms with van der Waals surface area (Å²) in [6.45, 7) is 16.1. The molecular formula is C45H62N14O4S. The molecule has 3 aliphatic rings. The van der Waals surface area contributed by atoms with E-state index < -0.39 is 9.84 Å². The van der Waals surface area contributed by atoms with Crippen LogP contribution in [0.25, 0.3) is 11.3 Å². The van der Waals surface area contributed by atoms with Crippen LogP contribution >= 0.6 is 0 Å². The molecule has 3 saturated heterocycles. The second kappa shape index (κ2) is 19.7. The van der Waals surface area contributed by atoms with Crippen LogP contribution < -0.4 is 30.8 Å². The van der Waals surface area contributed by atoms with Crippen LogP contribution in [0.15, 0.2) is 66.1 Å². The summed E-state index contributed by atoms with van der Waals surface area (Å²) in [5, 5.41) is 35.9. The normalized spacial score (nSPS) is 17.2. The third-order valence-electron chi connectivity index (χ3n) is 12.2. The third-order valence-corrected chi connectivity index (χ3v) is 13.0. The maximum Gasteiger partial charge on any atom is 0.252 e. The predicted octanol–water partition coefficient (Wildman–Crippen LogP) is 6.11. The molecule has 6 aromatic rings. The van der Waals surface area contributed by atoms with Crippen LogP contribution in [0.5, 0.6) is 0 Å². The van der Waals surface area contributed by atoms with E-state index in [0.29, 0.717) is 55.7 Å².